The number of nitrogens with zero attached hydrogens (tertiary/aromatic N) is 3. The number of hydrogen-bond donors (Lipinski definition) is 1. The maximum absolute atomic E-state index is 12.9. The minimum atomic E-state index is -0.138. The Hall–Kier alpha value is -3.00. The third-order valence-electron chi connectivity index (χ3n) is 4.60. The van der Waals surface area contributed by atoms with Crippen LogP contribution < -0.4 is 5.32 Å². The predicted octanol–water partition coefficient (Wildman–Crippen LogP) is 2.75. The van der Waals surface area contributed by atoms with Gasteiger partial charge in [0.25, 0.3) is 11.8 Å². The lowest BCUT2D eigenvalue weighted by atomic mass is 10.1. The normalized spacial score (nSPS) is 16.5. The van der Waals surface area contributed by atoms with E-state index in [2.05, 4.69) is 15.5 Å². The lowest BCUT2D eigenvalue weighted by Crippen LogP contribution is -2.38. The van der Waals surface area contributed by atoms with Gasteiger partial charge >= 0.3 is 0 Å². The molecule has 1 aliphatic rings. The van der Waals surface area contributed by atoms with E-state index in [1.54, 1.807) is 10.4 Å². The van der Waals surface area contributed by atoms with Gasteiger partial charge in [0.1, 0.15) is 10.4 Å². The Balaban J connectivity index is 1.44. The van der Waals surface area contributed by atoms with Crippen LogP contribution in [0.5, 0.6) is 0 Å². The van der Waals surface area contributed by atoms with Gasteiger partial charge in [0.05, 0.1) is 17.4 Å². The lowest BCUT2D eigenvalue weighted by molar-refractivity contribution is 0.0783. The molecule has 0 aliphatic carbocycles. The Morgan fingerprint density at radius 1 is 1.30 bits per heavy atom. The second-order valence-electron chi connectivity index (χ2n) is 6.41. The number of benzene rings is 1. The third kappa shape index (κ3) is 3.48. The highest BCUT2D eigenvalue weighted by molar-refractivity contribution is 7.11. The zero-order valence-corrected chi connectivity index (χ0v) is 15.5. The minimum absolute atomic E-state index is 0.0806. The topological polar surface area (TPSA) is 88.3 Å². The summed E-state index contributed by atoms with van der Waals surface area (Å²) in [5, 5.41) is 6.80. The molecule has 3 aromatic rings. The summed E-state index contributed by atoms with van der Waals surface area (Å²) in [5.41, 5.74) is 3.63. The fraction of sp³-hybridized carbons (Fsp3) is 0.263. The van der Waals surface area contributed by atoms with Gasteiger partial charge in [-0.2, -0.15) is 0 Å². The fourth-order valence-corrected chi connectivity index (χ4v) is 3.90. The molecule has 0 radical (unpaired) electrons. The van der Waals surface area contributed by atoms with Crippen molar-refractivity contribution in [2.75, 3.05) is 13.1 Å². The van der Waals surface area contributed by atoms with Gasteiger partial charge in [-0.15, -0.1) is 11.3 Å². The fourth-order valence-electron chi connectivity index (χ4n) is 3.19. The number of thiazole rings is 1. The molecule has 1 fully saturated rings. The monoisotopic (exact) mass is 382 g/mol. The molecule has 0 unspecified atom stereocenters. The van der Waals surface area contributed by atoms with Crippen molar-refractivity contribution < 1.29 is 14.1 Å². The predicted molar refractivity (Wildman–Crippen MR) is 101 cm³/mol. The number of carbonyl (C=O) groups is 2. The summed E-state index contributed by atoms with van der Waals surface area (Å²) in [6.45, 7) is 2.85. The second kappa shape index (κ2) is 7.32. The molecule has 1 atom stereocenters. The number of rotatable bonds is 4. The molecule has 7 nitrogen and oxygen atoms in total. The Kier molecular flexibility index (Phi) is 4.72. The smallest absolute Gasteiger partial charge is 0.263 e. The number of nitrogens with one attached hydrogen (secondary N) is 1. The summed E-state index contributed by atoms with van der Waals surface area (Å²) in [6.07, 6.45) is 2.17. The zero-order valence-electron chi connectivity index (χ0n) is 14.7. The molecule has 1 N–H and O–H groups in total. The summed E-state index contributed by atoms with van der Waals surface area (Å²) in [7, 11) is 0. The highest BCUT2D eigenvalue weighted by atomic mass is 32.1. The molecule has 138 valence electrons. The molecule has 0 saturated carbocycles. The quantitative estimate of drug-likeness (QED) is 0.750. The summed E-state index contributed by atoms with van der Waals surface area (Å²) in [4.78, 5) is 31.7. The number of amides is 2. The SMILES string of the molecule is Cc1ncsc1C(=O)N[C@@H]1CCN(C(=O)c2cnoc2-c2ccccc2)C1. The first-order chi connectivity index (χ1) is 13.1. The standard InChI is InChI=1S/C19H18N4O3S/c1-12-17(27-11-20-12)18(24)22-14-7-8-23(10-14)19(25)15-9-21-26-16(15)13-5-3-2-4-6-13/h2-6,9,11,14H,7-8,10H2,1H3,(H,22,24)/t14-/m1/s1. The van der Waals surface area contributed by atoms with Gasteiger partial charge in [0.2, 0.25) is 0 Å². The average Bonchev–Trinajstić information content (AvgIpc) is 3.42. The molecule has 3 heterocycles. The average molecular weight is 382 g/mol. The number of aromatic nitrogens is 2. The van der Waals surface area contributed by atoms with Crippen molar-refractivity contribution in [2.24, 2.45) is 0 Å². The van der Waals surface area contributed by atoms with E-state index >= 15 is 0 Å². The van der Waals surface area contributed by atoms with Crippen LogP contribution >= 0.6 is 11.3 Å². The van der Waals surface area contributed by atoms with Crippen molar-refractivity contribution in [2.45, 2.75) is 19.4 Å². The maximum atomic E-state index is 12.9. The molecule has 1 aliphatic heterocycles. The molecule has 2 amide bonds. The van der Waals surface area contributed by atoms with Crippen molar-refractivity contribution in [1.29, 1.82) is 0 Å². The number of carbonyl (C=O) groups excluding carboxylic acids is 2. The van der Waals surface area contributed by atoms with Gasteiger partial charge in [-0.3, -0.25) is 9.59 Å². The zero-order chi connectivity index (χ0) is 18.8. The van der Waals surface area contributed by atoms with Gasteiger partial charge < -0.3 is 14.7 Å². The van der Waals surface area contributed by atoms with E-state index in [0.29, 0.717) is 35.7 Å². The minimum Gasteiger partial charge on any atom is -0.355 e. The van der Waals surface area contributed by atoms with Crippen LogP contribution in [0, 0.1) is 6.92 Å². The maximum Gasteiger partial charge on any atom is 0.263 e. The largest absolute Gasteiger partial charge is 0.355 e. The molecule has 4 rings (SSSR count). The van der Waals surface area contributed by atoms with Crippen LogP contribution in [-0.4, -0.2) is 46.0 Å². The first kappa shape index (κ1) is 17.4. The van der Waals surface area contributed by atoms with Gasteiger partial charge in [-0.25, -0.2) is 4.98 Å². The van der Waals surface area contributed by atoms with Crippen LogP contribution in [0.15, 0.2) is 46.6 Å². The van der Waals surface area contributed by atoms with Crippen LogP contribution in [-0.2, 0) is 0 Å². The van der Waals surface area contributed by atoms with Crippen LogP contribution in [0.3, 0.4) is 0 Å². The molecule has 2 aromatic heterocycles. The second-order valence-corrected chi connectivity index (χ2v) is 7.27. The molecule has 0 spiro atoms. The first-order valence-electron chi connectivity index (χ1n) is 8.64. The molecular weight excluding hydrogens is 364 g/mol. The lowest BCUT2D eigenvalue weighted by Gasteiger charge is -2.16. The molecule has 0 bridgehead atoms. The highest BCUT2D eigenvalue weighted by Gasteiger charge is 2.31. The molecular formula is C19H18N4O3S. The first-order valence-corrected chi connectivity index (χ1v) is 9.52. The van der Waals surface area contributed by atoms with Crippen LogP contribution in [0.25, 0.3) is 11.3 Å². The number of hydrogen-bond acceptors (Lipinski definition) is 6. The molecule has 27 heavy (non-hydrogen) atoms. The van der Waals surface area contributed by atoms with E-state index < -0.39 is 0 Å². The van der Waals surface area contributed by atoms with Crippen molar-refractivity contribution in [1.82, 2.24) is 20.4 Å². The van der Waals surface area contributed by atoms with E-state index in [0.717, 1.165) is 11.3 Å². The van der Waals surface area contributed by atoms with E-state index in [9.17, 15) is 9.59 Å². The van der Waals surface area contributed by atoms with Crippen molar-refractivity contribution in [3.05, 3.63) is 58.2 Å². The Labute approximate surface area is 160 Å². The molecule has 1 saturated heterocycles. The van der Waals surface area contributed by atoms with Gasteiger partial charge in [-0.05, 0) is 13.3 Å². The van der Waals surface area contributed by atoms with E-state index in [1.165, 1.54) is 17.5 Å². The van der Waals surface area contributed by atoms with Gasteiger partial charge in [0.15, 0.2) is 5.76 Å². The van der Waals surface area contributed by atoms with Crippen molar-refractivity contribution >= 4 is 23.2 Å². The summed E-state index contributed by atoms with van der Waals surface area (Å²) in [6, 6.07) is 9.34. The Morgan fingerprint density at radius 2 is 2.11 bits per heavy atom. The Morgan fingerprint density at radius 3 is 2.85 bits per heavy atom. The van der Waals surface area contributed by atoms with Crippen LogP contribution in [0.4, 0.5) is 0 Å². The highest BCUT2D eigenvalue weighted by Crippen LogP contribution is 2.25. The van der Waals surface area contributed by atoms with Crippen LogP contribution in [0.1, 0.15) is 32.1 Å². The Bertz CT molecular complexity index is 966. The van der Waals surface area contributed by atoms with E-state index in [-0.39, 0.29) is 17.9 Å². The van der Waals surface area contributed by atoms with Crippen molar-refractivity contribution in [3.8, 4) is 11.3 Å². The van der Waals surface area contributed by atoms with Gasteiger partial charge in [-0.1, -0.05) is 35.5 Å². The number of likely N-dealkylation sites (tertiary alicyclic amines) is 1. The molecule has 1 aromatic carbocycles. The summed E-state index contributed by atoms with van der Waals surface area (Å²) < 4.78 is 5.31. The molecule has 8 heteroatoms. The van der Waals surface area contributed by atoms with Crippen LogP contribution in [0.2, 0.25) is 0 Å². The third-order valence-corrected chi connectivity index (χ3v) is 5.53. The summed E-state index contributed by atoms with van der Waals surface area (Å²) >= 11 is 1.32. The summed E-state index contributed by atoms with van der Waals surface area (Å²) in [5.74, 6) is 0.193. The van der Waals surface area contributed by atoms with E-state index in [1.807, 2.05) is 37.3 Å². The number of aryl methyl sites for hydroxylation is 1. The van der Waals surface area contributed by atoms with Gasteiger partial charge in [0, 0.05) is 24.7 Å². The van der Waals surface area contributed by atoms with Crippen molar-refractivity contribution in [3.63, 3.8) is 0 Å². The van der Waals surface area contributed by atoms with E-state index in [4.69, 9.17) is 4.52 Å².